The number of nitrogens with one attached hydrogen (secondary N) is 1. The van der Waals surface area contributed by atoms with Crippen LogP contribution in [0.3, 0.4) is 0 Å². The van der Waals surface area contributed by atoms with Crippen LogP contribution in [-0.2, 0) is 13.7 Å². The number of anilines is 1. The first-order valence-corrected chi connectivity index (χ1v) is 7.43. The summed E-state index contributed by atoms with van der Waals surface area (Å²) < 4.78 is 1.69. The van der Waals surface area contributed by atoms with Crippen molar-refractivity contribution in [2.45, 2.75) is 6.61 Å². The Morgan fingerprint density at radius 3 is 3.00 bits per heavy atom. The smallest absolute Gasteiger partial charge is 0.267 e. The van der Waals surface area contributed by atoms with E-state index in [-0.39, 0.29) is 12.5 Å². The lowest BCUT2D eigenvalue weighted by molar-refractivity contribution is 0.103. The molecule has 0 atom stereocenters. The molecule has 22 heavy (non-hydrogen) atoms. The number of aromatic nitrogens is 3. The van der Waals surface area contributed by atoms with Gasteiger partial charge in [-0.1, -0.05) is 12.1 Å². The quantitative estimate of drug-likeness (QED) is 0.774. The van der Waals surface area contributed by atoms with Crippen molar-refractivity contribution in [3.63, 3.8) is 0 Å². The van der Waals surface area contributed by atoms with E-state index in [1.165, 1.54) is 11.3 Å². The van der Waals surface area contributed by atoms with E-state index in [1.807, 2.05) is 13.2 Å². The topological polar surface area (TPSA) is 80.0 Å². The first kappa shape index (κ1) is 14.4. The first-order chi connectivity index (χ1) is 10.7. The SMILES string of the molecule is Cn1cc(-c2ncc(C(=O)Nc3cccc(CO)c3)s2)cn1. The molecule has 0 spiro atoms. The van der Waals surface area contributed by atoms with Gasteiger partial charge in [0, 0.05) is 24.5 Å². The molecule has 3 rings (SSSR count). The van der Waals surface area contributed by atoms with Gasteiger partial charge in [-0.3, -0.25) is 9.48 Å². The molecule has 0 aliphatic carbocycles. The third-order valence-corrected chi connectivity index (χ3v) is 4.09. The fourth-order valence-electron chi connectivity index (χ4n) is 1.98. The van der Waals surface area contributed by atoms with E-state index < -0.39 is 0 Å². The van der Waals surface area contributed by atoms with Crippen molar-refractivity contribution in [3.05, 3.63) is 53.3 Å². The number of carbonyl (C=O) groups is 1. The van der Waals surface area contributed by atoms with Gasteiger partial charge in [0.25, 0.3) is 5.91 Å². The molecule has 0 saturated carbocycles. The normalized spacial score (nSPS) is 10.6. The number of carbonyl (C=O) groups excluding carboxylic acids is 1. The van der Waals surface area contributed by atoms with Crippen molar-refractivity contribution in [1.82, 2.24) is 14.8 Å². The van der Waals surface area contributed by atoms with Gasteiger partial charge in [-0.15, -0.1) is 11.3 Å². The highest BCUT2D eigenvalue weighted by atomic mass is 32.1. The highest BCUT2D eigenvalue weighted by Crippen LogP contribution is 2.25. The molecular formula is C15H14N4O2S. The molecule has 1 aromatic carbocycles. The Morgan fingerprint density at radius 2 is 2.27 bits per heavy atom. The summed E-state index contributed by atoms with van der Waals surface area (Å²) in [6.07, 6.45) is 5.12. The number of thiazole rings is 1. The van der Waals surface area contributed by atoms with Gasteiger partial charge < -0.3 is 10.4 Å². The number of hydrogen-bond donors (Lipinski definition) is 2. The maximum atomic E-state index is 12.2. The minimum absolute atomic E-state index is 0.0601. The Balaban J connectivity index is 1.76. The number of rotatable bonds is 4. The largest absolute Gasteiger partial charge is 0.392 e. The number of nitrogens with zero attached hydrogens (tertiary/aromatic N) is 3. The second kappa shape index (κ2) is 6.08. The van der Waals surface area contributed by atoms with Gasteiger partial charge in [-0.05, 0) is 17.7 Å². The summed E-state index contributed by atoms with van der Waals surface area (Å²) >= 11 is 1.31. The Hall–Kier alpha value is -2.51. The van der Waals surface area contributed by atoms with Crippen molar-refractivity contribution in [2.75, 3.05) is 5.32 Å². The average molecular weight is 314 g/mol. The predicted molar refractivity (Wildman–Crippen MR) is 84.6 cm³/mol. The number of aliphatic hydroxyl groups excluding tert-OH is 1. The van der Waals surface area contributed by atoms with Crippen LogP contribution < -0.4 is 5.32 Å². The summed E-state index contributed by atoms with van der Waals surface area (Å²) in [6.45, 7) is -0.0601. The van der Waals surface area contributed by atoms with Crippen LogP contribution in [0, 0.1) is 0 Å². The molecule has 2 N–H and O–H groups in total. The molecule has 3 aromatic rings. The molecule has 2 aromatic heterocycles. The summed E-state index contributed by atoms with van der Waals surface area (Å²) in [7, 11) is 1.83. The van der Waals surface area contributed by atoms with Gasteiger partial charge >= 0.3 is 0 Å². The molecule has 0 bridgehead atoms. The molecule has 2 heterocycles. The van der Waals surface area contributed by atoms with E-state index in [1.54, 1.807) is 41.3 Å². The van der Waals surface area contributed by atoms with Gasteiger partial charge in [0.1, 0.15) is 9.88 Å². The fraction of sp³-hybridized carbons (Fsp3) is 0.133. The van der Waals surface area contributed by atoms with Crippen LogP contribution >= 0.6 is 11.3 Å². The van der Waals surface area contributed by atoms with Gasteiger partial charge in [0.05, 0.1) is 19.0 Å². The maximum absolute atomic E-state index is 12.2. The summed E-state index contributed by atoms with van der Waals surface area (Å²) in [5, 5.41) is 16.8. The van der Waals surface area contributed by atoms with Crippen LogP contribution in [0.1, 0.15) is 15.2 Å². The van der Waals surface area contributed by atoms with Crippen molar-refractivity contribution in [3.8, 4) is 10.6 Å². The Labute approximate surface area is 131 Å². The van der Waals surface area contributed by atoms with E-state index in [0.29, 0.717) is 10.6 Å². The Morgan fingerprint density at radius 1 is 1.41 bits per heavy atom. The highest BCUT2D eigenvalue weighted by Gasteiger charge is 2.13. The van der Waals surface area contributed by atoms with Gasteiger partial charge in [0.2, 0.25) is 0 Å². The molecule has 0 aliphatic heterocycles. The van der Waals surface area contributed by atoms with Gasteiger partial charge in [-0.25, -0.2) is 4.98 Å². The van der Waals surface area contributed by atoms with E-state index in [4.69, 9.17) is 5.11 Å². The van der Waals surface area contributed by atoms with Crippen LogP contribution in [0.15, 0.2) is 42.9 Å². The number of aryl methyl sites for hydroxylation is 1. The second-order valence-electron chi connectivity index (χ2n) is 4.74. The zero-order valence-electron chi connectivity index (χ0n) is 11.9. The Kier molecular flexibility index (Phi) is 3.99. The molecule has 6 nitrogen and oxygen atoms in total. The Bertz CT molecular complexity index is 809. The standard InChI is InChI=1S/C15H14N4O2S/c1-19-8-11(6-17-19)15-16-7-13(22-15)14(21)18-12-4-2-3-10(5-12)9-20/h2-8,20H,9H2,1H3,(H,18,21). The molecule has 7 heteroatoms. The van der Waals surface area contributed by atoms with E-state index in [0.717, 1.165) is 16.1 Å². The van der Waals surface area contributed by atoms with Gasteiger partial charge in [-0.2, -0.15) is 5.10 Å². The lowest BCUT2D eigenvalue weighted by atomic mass is 10.2. The molecule has 112 valence electrons. The van der Waals surface area contributed by atoms with Crippen molar-refractivity contribution in [1.29, 1.82) is 0 Å². The third kappa shape index (κ3) is 3.05. The average Bonchev–Trinajstić information content (AvgIpc) is 3.16. The molecule has 0 unspecified atom stereocenters. The van der Waals surface area contributed by atoms with Crippen LogP contribution in [0.2, 0.25) is 0 Å². The molecule has 0 fully saturated rings. The van der Waals surface area contributed by atoms with Gasteiger partial charge in [0.15, 0.2) is 0 Å². The first-order valence-electron chi connectivity index (χ1n) is 6.61. The van der Waals surface area contributed by atoms with Crippen LogP contribution in [0.25, 0.3) is 10.6 Å². The van der Waals surface area contributed by atoms with Crippen molar-refractivity contribution >= 4 is 22.9 Å². The summed E-state index contributed by atoms with van der Waals surface area (Å²) in [4.78, 5) is 17.0. The zero-order valence-corrected chi connectivity index (χ0v) is 12.7. The highest BCUT2D eigenvalue weighted by molar-refractivity contribution is 7.17. The lowest BCUT2D eigenvalue weighted by Crippen LogP contribution is -2.10. The minimum atomic E-state index is -0.220. The molecule has 1 amide bonds. The lowest BCUT2D eigenvalue weighted by Gasteiger charge is -2.04. The zero-order chi connectivity index (χ0) is 15.5. The number of amides is 1. The van der Waals surface area contributed by atoms with Crippen LogP contribution in [-0.4, -0.2) is 25.8 Å². The molecule has 0 saturated heterocycles. The van der Waals surface area contributed by atoms with Crippen molar-refractivity contribution in [2.24, 2.45) is 7.05 Å². The van der Waals surface area contributed by atoms with E-state index in [9.17, 15) is 4.79 Å². The number of benzene rings is 1. The molecule has 0 aliphatic rings. The number of aliphatic hydroxyl groups is 1. The summed E-state index contributed by atoms with van der Waals surface area (Å²) in [6, 6.07) is 7.10. The summed E-state index contributed by atoms with van der Waals surface area (Å²) in [5.74, 6) is -0.220. The molecule has 0 radical (unpaired) electrons. The summed E-state index contributed by atoms with van der Waals surface area (Å²) in [5.41, 5.74) is 2.28. The number of hydrogen-bond acceptors (Lipinski definition) is 5. The van der Waals surface area contributed by atoms with E-state index >= 15 is 0 Å². The molecular weight excluding hydrogens is 300 g/mol. The maximum Gasteiger partial charge on any atom is 0.267 e. The predicted octanol–water partition coefficient (Wildman–Crippen LogP) is 2.29. The minimum Gasteiger partial charge on any atom is -0.392 e. The third-order valence-electron chi connectivity index (χ3n) is 3.05. The van der Waals surface area contributed by atoms with Crippen LogP contribution in [0.5, 0.6) is 0 Å². The fourth-order valence-corrected chi connectivity index (χ4v) is 2.77. The van der Waals surface area contributed by atoms with Crippen molar-refractivity contribution < 1.29 is 9.90 Å². The second-order valence-corrected chi connectivity index (χ2v) is 5.78. The monoisotopic (exact) mass is 314 g/mol. The van der Waals surface area contributed by atoms with Crippen LogP contribution in [0.4, 0.5) is 5.69 Å². The van der Waals surface area contributed by atoms with E-state index in [2.05, 4.69) is 15.4 Å².